The summed E-state index contributed by atoms with van der Waals surface area (Å²) in [7, 11) is 1.62. The van der Waals surface area contributed by atoms with Gasteiger partial charge in [0.15, 0.2) is 5.78 Å². The molecule has 1 unspecified atom stereocenters. The molecule has 0 spiro atoms. The highest BCUT2D eigenvalue weighted by Gasteiger charge is 2.29. The predicted octanol–water partition coefficient (Wildman–Crippen LogP) is 3.94. The summed E-state index contributed by atoms with van der Waals surface area (Å²) in [5, 5.41) is 0. The summed E-state index contributed by atoms with van der Waals surface area (Å²) in [6.07, 6.45) is 2.27. The zero-order chi connectivity index (χ0) is 13.9. The van der Waals surface area contributed by atoms with Crippen molar-refractivity contribution in [3.8, 4) is 11.1 Å². The average molecular weight is 264 g/mol. The second kappa shape index (κ2) is 5.33. The Morgan fingerprint density at radius 3 is 2.40 bits per heavy atom. The molecule has 2 heteroatoms. The van der Waals surface area contributed by atoms with E-state index in [1.54, 1.807) is 13.2 Å². The van der Waals surface area contributed by atoms with E-state index < -0.39 is 0 Å². The topological polar surface area (TPSA) is 26.3 Å². The molecule has 1 aliphatic rings. The van der Waals surface area contributed by atoms with Crippen LogP contribution in [-0.2, 0) is 9.53 Å². The standard InChI is InChI=1S/C18H16O2/c1-20-14-11-17(18(19)12-14)16-10-6-5-9-15(16)13-7-3-2-4-8-13/h2-10,12,17H,11H2,1H3. The smallest absolute Gasteiger partial charge is 0.166 e. The maximum absolute atomic E-state index is 12.2. The summed E-state index contributed by atoms with van der Waals surface area (Å²) in [5.41, 5.74) is 3.34. The average Bonchev–Trinajstić information content (AvgIpc) is 2.89. The Morgan fingerprint density at radius 2 is 1.70 bits per heavy atom. The van der Waals surface area contributed by atoms with Crippen molar-refractivity contribution in [2.75, 3.05) is 7.11 Å². The molecule has 20 heavy (non-hydrogen) atoms. The van der Waals surface area contributed by atoms with Crippen LogP contribution in [0.3, 0.4) is 0 Å². The molecule has 0 radical (unpaired) electrons. The van der Waals surface area contributed by atoms with E-state index >= 15 is 0 Å². The maximum Gasteiger partial charge on any atom is 0.166 e. The number of methoxy groups -OCH3 is 1. The van der Waals surface area contributed by atoms with Gasteiger partial charge in [-0.3, -0.25) is 4.79 Å². The zero-order valence-electron chi connectivity index (χ0n) is 11.4. The highest BCUT2D eigenvalue weighted by atomic mass is 16.5. The van der Waals surface area contributed by atoms with Gasteiger partial charge in [0, 0.05) is 12.5 Å². The lowest BCUT2D eigenvalue weighted by Crippen LogP contribution is -2.06. The Balaban J connectivity index is 2.02. The lowest BCUT2D eigenvalue weighted by molar-refractivity contribution is -0.115. The van der Waals surface area contributed by atoms with Crippen LogP contribution in [0.4, 0.5) is 0 Å². The molecule has 0 aliphatic heterocycles. The summed E-state index contributed by atoms with van der Waals surface area (Å²) < 4.78 is 5.22. The third-order valence-electron chi connectivity index (χ3n) is 3.74. The Bertz CT molecular complexity index is 656. The highest BCUT2D eigenvalue weighted by Crippen LogP contribution is 2.37. The molecule has 0 fully saturated rings. The van der Waals surface area contributed by atoms with Gasteiger partial charge in [-0.1, -0.05) is 54.6 Å². The first-order chi connectivity index (χ1) is 9.79. The van der Waals surface area contributed by atoms with Gasteiger partial charge >= 0.3 is 0 Å². The van der Waals surface area contributed by atoms with E-state index in [1.807, 2.05) is 36.4 Å². The fourth-order valence-corrected chi connectivity index (χ4v) is 2.71. The molecule has 0 aromatic heterocycles. The summed E-state index contributed by atoms with van der Waals surface area (Å²) in [5.74, 6) is 0.773. The molecule has 0 amide bonds. The first kappa shape index (κ1) is 12.7. The largest absolute Gasteiger partial charge is 0.501 e. The van der Waals surface area contributed by atoms with Crippen LogP contribution >= 0.6 is 0 Å². The minimum atomic E-state index is -0.124. The normalized spacial score (nSPS) is 17.9. The molecular formula is C18H16O2. The maximum atomic E-state index is 12.2. The van der Waals surface area contributed by atoms with Crippen LogP contribution in [0.25, 0.3) is 11.1 Å². The highest BCUT2D eigenvalue weighted by molar-refractivity contribution is 5.99. The third kappa shape index (κ3) is 2.25. The molecule has 1 atom stereocenters. The third-order valence-corrected chi connectivity index (χ3v) is 3.74. The fraction of sp³-hybridized carbons (Fsp3) is 0.167. The quantitative estimate of drug-likeness (QED) is 0.839. The van der Waals surface area contributed by atoms with Gasteiger partial charge in [-0.2, -0.15) is 0 Å². The molecule has 0 heterocycles. The second-order valence-corrected chi connectivity index (χ2v) is 4.93. The monoisotopic (exact) mass is 264 g/mol. The number of carbonyl (C=O) groups is 1. The van der Waals surface area contributed by atoms with Gasteiger partial charge < -0.3 is 4.74 Å². The fourth-order valence-electron chi connectivity index (χ4n) is 2.71. The molecule has 3 rings (SSSR count). The summed E-state index contributed by atoms with van der Waals surface area (Å²) in [4.78, 5) is 12.2. The lowest BCUT2D eigenvalue weighted by atomic mass is 9.88. The SMILES string of the molecule is COC1=CC(=O)C(c2ccccc2-c2ccccc2)C1. The summed E-state index contributed by atoms with van der Waals surface area (Å²) >= 11 is 0. The predicted molar refractivity (Wildman–Crippen MR) is 79.3 cm³/mol. The van der Waals surface area contributed by atoms with E-state index in [-0.39, 0.29) is 11.7 Å². The van der Waals surface area contributed by atoms with Crippen LogP contribution in [0.5, 0.6) is 0 Å². The number of rotatable bonds is 3. The van der Waals surface area contributed by atoms with Crippen LogP contribution in [0.15, 0.2) is 66.4 Å². The van der Waals surface area contributed by atoms with Crippen molar-refractivity contribution in [3.05, 3.63) is 72.0 Å². The van der Waals surface area contributed by atoms with Crippen molar-refractivity contribution in [1.82, 2.24) is 0 Å². The van der Waals surface area contributed by atoms with E-state index in [1.165, 1.54) is 0 Å². The number of carbonyl (C=O) groups excluding carboxylic acids is 1. The Morgan fingerprint density at radius 1 is 1.00 bits per heavy atom. The molecule has 0 saturated carbocycles. The molecule has 2 nitrogen and oxygen atoms in total. The van der Waals surface area contributed by atoms with Gasteiger partial charge in [0.25, 0.3) is 0 Å². The van der Waals surface area contributed by atoms with E-state index in [9.17, 15) is 4.79 Å². The first-order valence-electron chi connectivity index (χ1n) is 6.72. The van der Waals surface area contributed by atoms with Gasteiger partial charge in [0.2, 0.25) is 0 Å². The second-order valence-electron chi connectivity index (χ2n) is 4.93. The Hall–Kier alpha value is -2.35. The van der Waals surface area contributed by atoms with Gasteiger partial charge in [0.1, 0.15) is 5.76 Å². The number of hydrogen-bond acceptors (Lipinski definition) is 2. The molecule has 0 N–H and O–H groups in total. The molecule has 2 aromatic carbocycles. The van der Waals surface area contributed by atoms with Crippen molar-refractivity contribution in [1.29, 1.82) is 0 Å². The van der Waals surface area contributed by atoms with Crippen molar-refractivity contribution in [3.63, 3.8) is 0 Å². The molecule has 100 valence electrons. The number of hydrogen-bond donors (Lipinski definition) is 0. The summed E-state index contributed by atoms with van der Waals surface area (Å²) in [6, 6.07) is 18.3. The van der Waals surface area contributed by atoms with Gasteiger partial charge in [0.05, 0.1) is 13.0 Å². The van der Waals surface area contributed by atoms with Crippen LogP contribution in [-0.4, -0.2) is 12.9 Å². The number of ether oxygens (including phenoxy) is 1. The van der Waals surface area contributed by atoms with E-state index in [0.29, 0.717) is 6.42 Å². The molecule has 0 saturated heterocycles. The Kier molecular flexibility index (Phi) is 3.38. The van der Waals surface area contributed by atoms with Crippen LogP contribution in [0.1, 0.15) is 17.9 Å². The van der Waals surface area contributed by atoms with Crippen molar-refractivity contribution in [2.45, 2.75) is 12.3 Å². The van der Waals surface area contributed by atoms with Crippen LogP contribution in [0.2, 0.25) is 0 Å². The van der Waals surface area contributed by atoms with Gasteiger partial charge in [-0.25, -0.2) is 0 Å². The minimum absolute atomic E-state index is 0.124. The van der Waals surface area contributed by atoms with Crippen molar-refractivity contribution in [2.24, 2.45) is 0 Å². The molecular weight excluding hydrogens is 248 g/mol. The number of allylic oxidation sites excluding steroid dienone is 2. The summed E-state index contributed by atoms with van der Waals surface area (Å²) in [6.45, 7) is 0. The minimum Gasteiger partial charge on any atom is -0.501 e. The van der Waals surface area contributed by atoms with Gasteiger partial charge in [-0.05, 0) is 16.7 Å². The lowest BCUT2D eigenvalue weighted by Gasteiger charge is -2.15. The van der Waals surface area contributed by atoms with Crippen molar-refractivity contribution >= 4 is 5.78 Å². The van der Waals surface area contributed by atoms with Crippen LogP contribution in [0, 0.1) is 0 Å². The molecule has 2 aromatic rings. The molecule has 1 aliphatic carbocycles. The van der Waals surface area contributed by atoms with Gasteiger partial charge in [-0.15, -0.1) is 0 Å². The first-order valence-corrected chi connectivity index (χ1v) is 6.72. The van der Waals surface area contributed by atoms with E-state index in [2.05, 4.69) is 18.2 Å². The van der Waals surface area contributed by atoms with Crippen molar-refractivity contribution < 1.29 is 9.53 Å². The van der Waals surface area contributed by atoms with E-state index in [0.717, 1.165) is 22.4 Å². The number of benzene rings is 2. The zero-order valence-corrected chi connectivity index (χ0v) is 11.4. The molecule has 0 bridgehead atoms. The Labute approximate surface area is 118 Å². The number of ketones is 1. The van der Waals surface area contributed by atoms with Crippen LogP contribution < -0.4 is 0 Å². The van der Waals surface area contributed by atoms with E-state index in [4.69, 9.17) is 4.74 Å².